The van der Waals surface area contributed by atoms with Gasteiger partial charge in [-0.1, -0.05) is 0 Å². The number of ether oxygens (including phenoxy) is 1. The van der Waals surface area contributed by atoms with Crippen LogP contribution in [0.2, 0.25) is 0 Å². The average molecular weight is 340 g/mol. The fourth-order valence-electron chi connectivity index (χ4n) is 2.05. The monoisotopic (exact) mass is 339 g/mol. The van der Waals surface area contributed by atoms with Gasteiger partial charge in [0.15, 0.2) is 0 Å². The number of nitrogens with one attached hydrogen (secondary N) is 1. The number of anilines is 1. The molecule has 2 rings (SSSR count). The third kappa shape index (κ3) is 5.61. The molecule has 0 radical (unpaired) electrons. The van der Waals surface area contributed by atoms with Crippen LogP contribution in [0.25, 0.3) is 0 Å². The molecule has 1 aromatic rings. The number of likely N-dealkylation sites (tertiary alicyclic amines) is 1. The van der Waals surface area contributed by atoms with Gasteiger partial charge in [0.25, 0.3) is 0 Å². The van der Waals surface area contributed by atoms with Gasteiger partial charge in [-0.05, 0) is 37.1 Å². The number of rotatable bonds is 2. The van der Waals surface area contributed by atoms with Gasteiger partial charge >= 0.3 is 12.4 Å². The Balaban J connectivity index is 0.00000242. The SMILES string of the molecule is Cl.NC1CCN(C(=O)Nc2ccc(OC(F)(F)F)cc2)CC1. The van der Waals surface area contributed by atoms with Crippen LogP contribution in [0.3, 0.4) is 0 Å². The Kier molecular flexibility index (Phi) is 6.31. The van der Waals surface area contributed by atoms with Crippen molar-refractivity contribution in [1.29, 1.82) is 0 Å². The van der Waals surface area contributed by atoms with Crippen LogP contribution in [-0.2, 0) is 0 Å². The van der Waals surface area contributed by atoms with Gasteiger partial charge in [-0.3, -0.25) is 0 Å². The highest BCUT2D eigenvalue weighted by Gasteiger charge is 2.31. The first-order chi connectivity index (χ1) is 9.83. The fourth-order valence-corrected chi connectivity index (χ4v) is 2.05. The van der Waals surface area contributed by atoms with Crippen LogP contribution in [0.15, 0.2) is 24.3 Å². The molecule has 0 saturated carbocycles. The van der Waals surface area contributed by atoms with Gasteiger partial charge in [0.2, 0.25) is 0 Å². The number of nitrogens with two attached hydrogens (primary N) is 1. The zero-order valence-electron chi connectivity index (χ0n) is 11.6. The maximum Gasteiger partial charge on any atom is 0.573 e. The lowest BCUT2D eigenvalue weighted by atomic mass is 10.1. The minimum atomic E-state index is -4.72. The van der Waals surface area contributed by atoms with E-state index in [4.69, 9.17) is 5.73 Å². The summed E-state index contributed by atoms with van der Waals surface area (Å²) in [7, 11) is 0. The maximum absolute atomic E-state index is 12.0. The quantitative estimate of drug-likeness (QED) is 0.870. The largest absolute Gasteiger partial charge is 0.573 e. The fraction of sp³-hybridized carbons (Fsp3) is 0.462. The minimum Gasteiger partial charge on any atom is -0.406 e. The highest BCUT2D eigenvalue weighted by Crippen LogP contribution is 2.24. The topological polar surface area (TPSA) is 67.6 Å². The van der Waals surface area contributed by atoms with E-state index in [9.17, 15) is 18.0 Å². The van der Waals surface area contributed by atoms with Crippen molar-refractivity contribution in [1.82, 2.24) is 4.90 Å². The molecular formula is C13H17ClF3N3O2. The molecule has 0 atom stereocenters. The Morgan fingerprint density at radius 2 is 1.77 bits per heavy atom. The molecule has 1 heterocycles. The van der Waals surface area contributed by atoms with Crippen LogP contribution in [0, 0.1) is 0 Å². The van der Waals surface area contributed by atoms with Gasteiger partial charge in [-0.2, -0.15) is 0 Å². The van der Waals surface area contributed by atoms with Gasteiger partial charge in [-0.15, -0.1) is 25.6 Å². The van der Waals surface area contributed by atoms with E-state index in [2.05, 4.69) is 10.1 Å². The summed E-state index contributed by atoms with van der Waals surface area (Å²) in [6.45, 7) is 1.14. The second-order valence-electron chi connectivity index (χ2n) is 4.83. The summed E-state index contributed by atoms with van der Waals surface area (Å²) in [5.74, 6) is -0.329. The Morgan fingerprint density at radius 1 is 1.23 bits per heavy atom. The summed E-state index contributed by atoms with van der Waals surface area (Å²) >= 11 is 0. The van der Waals surface area contributed by atoms with E-state index in [0.29, 0.717) is 18.8 Å². The first-order valence-corrected chi connectivity index (χ1v) is 6.51. The highest BCUT2D eigenvalue weighted by atomic mass is 35.5. The molecule has 1 saturated heterocycles. The molecule has 0 aliphatic carbocycles. The highest BCUT2D eigenvalue weighted by molar-refractivity contribution is 5.89. The number of nitrogens with zero attached hydrogens (tertiary/aromatic N) is 1. The molecule has 5 nitrogen and oxygen atoms in total. The molecule has 2 amide bonds. The molecule has 124 valence electrons. The lowest BCUT2D eigenvalue weighted by molar-refractivity contribution is -0.274. The number of alkyl halides is 3. The summed E-state index contributed by atoms with van der Waals surface area (Å²) < 4.78 is 39.8. The summed E-state index contributed by atoms with van der Waals surface area (Å²) in [5.41, 5.74) is 6.16. The van der Waals surface area contributed by atoms with E-state index in [1.54, 1.807) is 4.90 Å². The van der Waals surface area contributed by atoms with Crippen molar-refractivity contribution in [3.63, 3.8) is 0 Å². The Labute approximate surface area is 132 Å². The van der Waals surface area contributed by atoms with Gasteiger partial charge < -0.3 is 20.7 Å². The van der Waals surface area contributed by atoms with Crippen LogP contribution < -0.4 is 15.8 Å². The smallest absolute Gasteiger partial charge is 0.406 e. The van der Waals surface area contributed by atoms with E-state index in [1.807, 2.05) is 0 Å². The molecule has 0 spiro atoms. The van der Waals surface area contributed by atoms with Crippen LogP contribution >= 0.6 is 12.4 Å². The average Bonchev–Trinajstić information content (AvgIpc) is 2.40. The zero-order chi connectivity index (χ0) is 15.5. The van der Waals surface area contributed by atoms with E-state index in [0.717, 1.165) is 25.0 Å². The van der Waals surface area contributed by atoms with Crippen LogP contribution in [0.4, 0.5) is 23.7 Å². The molecule has 9 heteroatoms. The van der Waals surface area contributed by atoms with E-state index in [1.165, 1.54) is 12.1 Å². The lowest BCUT2D eigenvalue weighted by Crippen LogP contribution is -2.44. The van der Waals surface area contributed by atoms with E-state index >= 15 is 0 Å². The van der Waals surface area contributed by atoms with Crippen LogP contribution in [0.5, 0.6) is 5.75 Å². The van der Waals surface area contributed by atoms with E-state index < -0.39 is 6.36 Å². The molecule has 3 N–H and O–H groups in total. The van der Waals surface area contributed by atoms with Crippen LogP contribution in [-0.4, -0.2) is 36.4 Å². The first kappa shape index (κ1) is 18.4. The van der Waals surface area contributed by atoms with Crippen molar-refractivity contribution in [3.05, 3.63) is 24.3 Å². The molecule has 1 aromatic carbocycles. The van der Waals surface area contributed by atoms with Crippen molar-refractivity contribution in [3.8, 4) is 5.75 Å². The summed E-state index contributed by atoms with van der Waals surface area (Å²) in [6.07, 6.45) is -3.24. The lowest BCUT2D eigenvalue weighted by Gasteiger charge is -2.30. The zero-order valence-corrected chi connectivity index (χ0v) is 12.4. The summed E-state index contributed by atoms with van der Waals surface area (Å²) in [6, 6.07) is 4.84. The molecule has 0 bridgehead atoms. The molecular weight excluding hydrogens is 323 g/mol. The molecule has 0 unspecified atom stereocenters. The summed E-state index contributed by atoms with van der Waals surface area (Å²) in [5, 5.41) is 2.63. The standard InChI is InChI=1S/C13H16F3N3O2.ClH/c14-13(15,16)21-11-3-1-10(2-4-11)18-12(20)19-7-5-9(17)6-8-19;/h1-4,9H,5-8,17H2,(H,18,20);1H. The molecule has 1 fully saturated rings. The molecule has 1 aliphatic rings. The summed E-state index contributed by atoms with van der Waals surface area (Å²) in [4.78, 5) is 13.6. The molecule has 22 heavy (non-hydrogen) atoms. The number of amides is 2. The second-order valence-corrected chi connectivity index (χ2v) is 4.83. The van der Waals surface area contributed by atoms with Gasteiger partial charge in [-0.25, -0.2) is 4.79 Å². The van der Waals surface area contributed by atoms with E-state index in [-0.39, 0.29) is 30.2 Å². The van der Waals surface area contributed by atoms with Crippen molar-refractivity contribution >= 4 is 24.1 Å². The number of halogens is 4. The third-order valence-electron chi connectivity index (χ3n) is 3.17. The third-order valence-corrected chi connectivity index (χ3v) is 3.17. The Bertz CT molecular complexity index is 488. The predicted octanol–water partition coefficient (Wildman–Crippen LogP) is 2.96. The molecule has 1 aliphatic heterocycles. The number of carbonyl (C=O) groups is 1. The van der Waals surface area contributed by atoms with Crippen molar-refractivity contribution in [2.24, 2.45) is 5.73 Å². The predicted molar refractivity (Wildman–Crippen MR) is 78.2 cm³/mol. The number of hydrogen-bond donors (Lipinski definition) is 2. The normalized spacial score (nSPS) is 15.9. The van der Waals surface area contributed by atoms with Gasteiger partial charge in [0.1, 0.15) is 5.75 Å². The van der Waals surface area contributed by atoms with Gasteiger partial charge in [0, 0.05) is 24.8 Å². The Hall–Kier alpha value is -1.67. The van der Waals surface area contributed by atoms with Gasteiger partial charge in [0.05, 0.1) is 0 Å². The Morgan fingerprint density at radius 3 is 2.27 bits per heavy atom. The maximum atomic E-state index is 12.0. The van der Waals surface area contributed by atoms with Crippen molar-refractivity contribution < 1.29 is 22.7 Å². The molecule has 0 aromatic heterocycles. The van der Waals surface area contributed by atoms with Crippen molar-refractivity contribution in [2.75, 3.05) is 18.4 Å². The van der Waals surface area contributed by atoms with Crippen molar-refractivity contribution in [2.45, 2.75) is 25.2 Å². The number of benzene rings is 1. The minimum absolute atomic E-state index is 0. The van der Waals surface area contributed by atoms with Crippen LogP contribution in [0.1, 0.15) is 12.8 Å². The number of urea groups is 1. The number of hydrogen-bond acceptors (Lipinski definition) is 3. The number of carbonyl (C=O) groups excluding carboxylic acids is 1. The second kappa shape index (κ2) is 7.55. The number of piperidine rings is 1. The first-order valence-electron chi connectivity index (χ1n) is 6.51.